The highest BCUT2D eigenvalue weighted by atomic mass is 35.7. The van der Waals surface area contributed by atoms with Gasteiger partial charge in [0.15, 0.2) is 0 Å². The number of rotatable bonds is 6. The second-order valence-electron chi connectivity index (χ2n) is 7.36. The van der Waals surface area contributed by atoms with Gasteiger partial charge in [-0.05, 0) is 23.1 Å². The van der Waals surface area contributed by atoms with E-state index in [1.807, 2.05) is 0 Å². The van der Waals surface area contributed by atoms with Crippen molar-refractivity contribution in [3.63, 3.8) is 0 Å². The number of ether oxygens (including phenoxy) is 1. The predicted molar refractivity (Wildman–Crippen MR) is 108 cm³/mol. The van der Waals surface area contributed by atoms with Gasteiger partial charge < -0.3 is 4.74 Å². The van der Waals surface area contributed by atoms with E-state index in [0.29, 0.717) is 0 Å². The van der Waals surface area contributed by atoms with E-state index in [0.717, 1.165) is 26.1 Å². The first-order valence-corrected chi connectivity index (χ1v) is 11.3. The van der Waals surface area contributed by atoms with E-state index < -0.39 is 10.2 Å². The standard InChI is InChI=1S/C24H25NO.ClHO4/c1-4-10-20(11-5-1)18-25-17-16-23(19-25)26-24(21-12-6-2-7-13-21)22-14-8-3-9-15-22;2-1(3,4)5/h1-15,23-24H,16-19H2;(H,2,3,4,5). The van der Waals surface area contributed by atoms with Gasteiger partial charge in [-0.2, -0.15) is 14.0 Å². The molecule has 0 aliphatic carbocycles. The number of nitrogens with zero attached hydrogens (tertiary/aromatic N) is 1. The van der Waals surface area contributed by atoms with E-state index in [9.17, 15) is 0 Å². The van der Waals surface area contributed by atoms with E-state index in [1.54, 1.807) is 0 Å². The van der Waals surface area contributed by atoms with Crippen LogP contribution in [0.1, 0.15) is 29.2 Å². The lowest BCUT2D eigenvalue weighted by Crippen LogP contribution is -2.58. The SMILES string of the molecule is [O-][Cl+3]([O-])([O-])O.c1ccc(CN2CCC(OC(c3ccccc3)c3ccccc3)C2)cc1. The van der Waals surface area contributed by atoms with E-state index in [-0.39, 0.29) is 12.2 Å². The lowest BCUT2D eigenvalue weighted by atomic mass is 10.0. The van der Waals surface area contributed by atoms with Crippen molar-refractivity contribution >= 4 is 0 Å². The molecule has 1 N–H and O–H groups in total. The summed E-state index contributed by atoms with van der Waals surface area (Å²) in [6, 6.07) is 31.8. The third kappa shape index (κ3) is 8.40. The van der Waals surface area contributed by atoms with Crippen LogP contribution in [0.4, 0.5) is 0 Å². The topological polar surface area (TPSA) is 102 Å². The van der Waals surface area contributed by atoms with Gasteiger partial charge in [-0.15, -0.1) is 0 Å². The molecule has 0 aromatic heterocycles. The Kier molecular flexibility index (Phi) is 8.57. The van der Waals surface area contributed by atoms with Crippen molar-refractivity contribution in [1.29, 1.82) is 0 Å². The molecular weight excluding hydrogens is 418 g/mol. The molecule has 0 amide bonds. The molecule has 3 aromatic rings. The zero-order valence-corrected chi connectivity index (χ0v) is 17.8. The van der Waals surface area contributed by atoms with Gasteiger partial charge in [0.05, 0.1) is 21.0 Å². The maximum atomic E-state index is 8.60. The van der Waals surface area contributed by atoms with E-state index in [1.165, 1.54) is 16.7 Å². The smallest absolute Gasteiger partial charge is 0.108 e. The maximum absolute atomic E-state index is 8.60. The zero-order valence-electron chi connectivity index (χ0n) is 17.0. The van der Waals surface area contributed by atoms with Crippen LogP contribution in [0.15, 0.2) is 91.0 Å². The average Bonchev–Trinajstić information content (AvgIpc) is 3.20. The summed E-state index contributed by atoms with van der Waals surface area (Å²) in [5.74, 6) is 0. The quantitative estimate of drug-likeness (QED) is 0.608. The van der Waals surface area contributed by atoms with Crippen molar-refractivity contribution in [2.24, 2.45) is 0 Å². The van der Waals surface area contributed by atoms with Crippen molar-refractivity contribution in [3.05, 3.63) is 108 Å². The van der Waals surface area contributed by atoms with Crippen LogP contribution in [-0.4, -0.2) is 28.8 Å². The van der Waals surface area contributed by atoms with E-state index in [2.05, 4.69) is 95.9 Å². The molecule has 164 valence electrons. The van der Waals surface area contributed by atoms with Gasteiger partial charge in [-0.25, -0.2) is 0 Å². The highest BCUT2D eigenvalue weighted by Crippen LogP contribution is 2.30. The fraction of sp³-hybridized carbons (Fsp3) is 0.250. The van der Waals surface area contributed by atoms with Gasteiger partial charge in [0, 0.05) is 19.6 Å². The summed E-state index contributed by atoms with van der Waals surface area (Å²) in [6.07, 6.45) is 1.35. The number of halogens is 1. The van der Waals surface area contributed by atoms with Crippen LogP contribution in [0, 0.1) is 10.2 Å². The van der Waals surface area contributed by atoms with Crippen LogP contribution in [0.5, 0.6) is 0 Å². The van der Waals surface area contributed by atoms with Crippen molar-refractivity contribution in [3.8, 4) is 0 Å². The van der Waals surface area contributed by atoms with Gasteiger partial charge in [-0.3, -0.25) is 4.90 Å². The third-order valence-corrected chi connectivity index (χ3v) is 5.01. The van der Waals surface area contributed by atoms with Crippen molar-refractivity contribution in [2.75, 3.05) is 13.1 Å². The molecule has 1 aliphatic rings. The average molecular weight is 444 g/mol. The van der Waals surface area contributed by atoms with Gasteiger partial charge in [-0.1, -0.05) is 91.0 Å². The Bertz CT molecular complexity index is 845. The van der Waals surface area contributed by atoms with E-state index in [4.69, 9.17) is 23.4 Å². The van der Waals surface area contributed by atoms with Crippen LogP contribution < -0.4 is 14.0 Å². The van der Waals surface area contributed by atoms with Gasteiger partial charge in [0.2, 0.25) is 0 Å². The minimum Gasteiger partial charge on any atom is -0.364 e. The molecule has 0 saturated carbocycles. The Labute approximate surface area is 184 Å². The summed E-state index contributed by atoms with van der Waals surface area (Å²) in [5.41, 5.74) is 3.82. The Morgan fingerprint density at radius 2 is 1.29 bits per heavy atom. The number of likely N-dealkylation sites (tertiary alicyclic amines) is 1. The second-order valence-corrected chi connectivity index (χ2v) is 8.16. The Balaban J connectivity index is 0.000000491. The normalized spacial score (nSPS) is 16.7. The zero-order chi connectivity index (χ0) is 22.1. The first-order valence-electron chi connectivity index (χ1n) is 10.0. The minimum atomic E-state index is -4.69. The second kappa shape index (κ2) is 11.4. The number of benzene rings is 3. The molecule has 3 aromatic carbocycles. The summed E-state index contributed by atoms with van der Waals surface area (Å²) in [6.45, 7) is 3.09. The molecule has 4 rings (SSSR count). The van der Waals surface area contributed by atoms with Crippen molar-refractivity contribution in [1.82, 2.24) is 4.90 Å². The van der Waals surface area contributed by atoms with Crippen LogP contribution in [-0.2, 0) is 11.3 Å². The lowest BCUT2D eigenvalue weighted by Gasteiger charge is -2.23. The summed E-state index contributed by atoms with van der Waals surface area (Å²) in [4.78, 5) is 2.49. The first-order chi connectivity index (χ1) is 14.9. The molecule has 1 unspecified atom stereocenters. The highest BCUT2D eigenvalue weighted by molar-refractivity contribution is 5.30. The lowest BCUT2D eigenvalue weighted by molar-refractivity contribution is -1.92. The molecule has 1 aliphatic heterocycles. The predicted octanol–water partition coefficient (Wildman–Crippen LogP) is 0.943. The molecule has 7 heteroatoms. The van der Waals surface area contributed by atoms with Gasteiger partial charge >= 0.3 is 0 Å². The summed E-state index contributed by atoms with van der Waals surface area (Å²) in [7, 11) is -4.69. The van der Waals surface area contributed by atoms with E-state index >= 15 is 0 Å². The third-order valence-electron chi connectivity index (χ3n) is 5.01. The molecule has 0 bridgehead atoms. The molecule has 0 radical (unpaired) electrons. The molecule has 31 heavy (non-hydrogen) atoms. The largest absolute Gasteiger partial charge is 0.364 e. The highest BCUT2D eigenvalue weighted by Gasteiger charge is 2.27. The van der Waals surface area contributed by atoms with Crippen LogP contribution in [0.2, 0.25) is 0 Å². The summed E-state index contributed by atoms with van der Waals surface area (Å²) in [5, 5.41) is 0. The van der Waals surface area contributed by atoms with Crippen molar-refractivity contribution < 1.29 is 33.6 Å². The van der Waals surface area contributed by atoms with Crippen LogP contribution >= 0.6 is 0 Å². The van der Waals surface area contributed by atoms with Crippen LogP contribution in [0.25, 0.3) is 0 Å². The fourth-order valence-corrected chi connectivity index (χ4v) is 3.69. The minimum absolute atomic E-state index is 0.000856. The maximum Gasteiger partial charge on any atom is 0.108 e. The summed E-state index contributed by atoms with van der Waals surface area (Å²) >= 11 is 0. The number of hydrogen-bond acceptors (Lipinski definition) is 6. The molecular formula is C24H26ClNO5. The Morgan fingerprint density at radius 1 is 0.839 bits per heavy atom. The Morgan fingerprint density at radius 3 is 1.77 bits per heavy atom. The fourth-order valence-electron chi connectivity index (χ4n) is 3.69. The molecule has 1 fully saturated rings. The molecule has 1 saturated heterocycles. The molecule has 1 heterocycles. The van der Waals surface area contributed by atoms with Crippen molar-refractivity contribution in [2.45, 2.75) is 25.2 Å². The van der Waals surface area contributed by atoms with Crippen LogP contribution in [0.3, 0.4) is 0 Å². The van der Waals surface area contributed by atoms with Gasteiger partial charge in [0.1, 0.15) is 6.10 Å². The molecule has 0 spiro atoms. The monoisotopic (exact) mass is 443 g/mol. The van der Waals surface area contributed by atoms with Gasteiger partial charge in [0.25, 0.3) is 0 Å². The molecule has 1 atom stereocenters. The number of hydrogen-bond donors (Lipinski definition) is 1. The molecule has 6 nitrogen and oxygen atoms in total. The Hall–Kier alpha value is -2.29. The first kappa shape index (κ1) is 23.4. The summed E-state index contributed by atoms with van der Waals surface area (Å²) < 4.78 is 39.3.